The Morgan fingerprint density at radius 1 is 1.13 bits per heavy atom. The zero-order valence-electron chi connectivity index (χ0n) is 31.2. The molecule has 4 aliphatic rings. The minimum atomic E-state index is -4.02. The van der Waals surface area contributed by atoms with Gasteiger partial charge in [-0.15, -0.1) is 0 Å². The van der Waals surface area contributed by atoms with Crippen molar-refractivity contribution in [3.63, 3.8) is 0 Å². The first kappa shape index (κ1) is 39.0. The van der Waals surface area contributed by atoms with Crippen LogP contribution in [0.1, 0.15) is 79.1 Å². The molecule has 0 spiro atoms. The van der Waals surface area contributed by atoms with Gasteiger partial charge in [-0.1, -0.05) is 32.4 Å². The van der Waals surface area contributed by atoms with Crippen LogP contribution in [-0.2, 0) is 24.4 Å². The molecule has 1 saturated heterocycles. The second-order valence-electron chi connectivity index (χ2n) is 15.1. The monoisotopic (exact) mass is 771 g/mol. The molecule has 17 nitrogen and oxygen atoms in total. The van der Waals surface area contributed by atoms with Crippen molar-refractivity contribution in [2.24, 2.45) is 17.8 Å². The van der Waals surface area contributed by atoms with Crippen LogP contribution >= 0.6 is 0 Å². The third-order valence-corrected chi connectivity index (χ3v) is 13.3. The third-order valence-electron chi connectivity index (χ3n) is 11.1. The van der Waals surface area contributed by atoms with E-state index in [2.05, 4.69) is 30.3 Å². The summed E-state index contributed by atoms with van der Waals surface area (Å²) < 4.78 is 44.8. The third kappa shape index (κ3) is 7.88. The van der Waals surface area contributed by atoms with Gasteiger partial charge in [0.2, 0.25) is 27.7 Å². The van der Waals surface area contributed by atoms with Gasteiger partial charge in [0.25, 0.3) is 17.7 Å². The molecule has 54 heavy (non-hydrogen) atoms. The molecule has 0 radical (unpaired) electrons. The number of fused-ring (bicyclic) bond motifs is 3. The lowest BCUT2D eigenvalue weighted by atomic mass is 9.85. The average molecular weight is 772 g/mol. The summed E-state index contributed by atoms with van der Waals surface area (Å²) in [5, 5.41) is 15.1. The number of sulfonamides is 1. The summed E-state index contributed by atoms with van der Waals surface area (Å²) in [5.41, 5.74) is -0.767. The first-order valence-corrected chi connectivity index (χ1v) is 20.0. The number of rotatable bonds is 10. The van der Waals surface area contributed by atoms with Gasteiger partial charge in [-0.25, -0.2) is 28.2 Å². The second-order valence-corrected chi connectivity index (χ2v) is 17.3. The summed E-state index contributed by atoms with van der Waals surface area (Å²) >= 11 is 0. The van der Waals surface area contributed by atoms with Crippen molar-refractivity contribution in [2.75, 3.05) is 20.3 Å². The Hall–Kier alpha value is -4.74. The van der Waals surface area contributed by atoms with Gasteiger partial charge in [-0.2, -0.15) is 0 Å². The Morgan fingerprint density at radius 3 is 2.54 bits per heavy atom. The molecule has 2 aromatic heterocycles. The van der Waals surface area contributed by atoms with E-state index in [-0.39, 0.29) is 49.6 Å². The minimum absolute atomic E-state index is 0.000550. The normalized spacial score (nSPS) is 30.1. The molecule has 0 aromatic carbocycles. The Morgan fingerprint density at radius 2 is 1.87 bits per heavy atom. The molecule has 3 fully saturated rings. The molecular weight excluding hydrogens is 723 g/mol. The lowest BCUT2D eigenvalue weighted by Crippen LogP contribution is -2.59. The molecular formula is C36H49N7O10S. The average Bonchev–Trinajstić information content (AvgIpc) is 4.01. The number of carboxylic acid groups (broad SMARTS) is 1. The number of carbonyl (C=O) groups is 4. The SMILES string of the molecule is CCOc1nc2cc(OC)ncc2nc1O[C@@H]1C[C@H]2C(=O)N[C@]3(C(=O)NS(=O)(=O)C4(C)CC4)C[C@H]3/C=C\CC[C@@H](C)C[C@@H](CC)[C@H](NC(=O)O)C(=O)N2C1. The Labute approximate surface area is 314 Å². The highest BCUT2D eigenvalue weighted by atomic mass is 32.2. The molecule has 0 unspecified atom stereocenters. The quantitative estimate of drug-likeness (QED) is 0.255. The van der Waals surface area contributed by atoms with Crippen LogP contribution in [0.3, 0.4) is 0 Å². The van der Waals surface area contributed by atoms with Gasteiger partial charge in [0.15, 0.2) is 0 Å². The van der Waals surface area contributed by atoms with Crippen molar-refractivity contribution >= 4 is 44.9 Å². The summed E-state index contributed by atoms with van der Waals surface area (Å²) in [6.07, 6.45) is 6.32. The largest absolute Gasteiger partial charge is 0.481 e. The van der Waals surface area contributed by atoms with Gasteiger partial charge in [-0.3, -0.25) is 19.1 Å². The van der Waals surface area contributed by atoms with E-state index in [1.54, 1.807) is 19.9 Å². The topological polar surface area (TPSA) is 228 Å². The van der Waals surface area contributed by atoms with Crippen LogP contribution in [0.25, 0.3) is 11.0 Å². The summed E-state index contributed by atoms with van der Waals surface area (Å²) in [6.45, 7) is 7.35. The standard InChI is InChI=1S/C36H49N7O10S/c1-6-21-14-20(3)10-8-9-11-22-17-36(22,33(46)42-54(49,50)35(4)12-13-35)41-29(44)26-15-23(19-43(26)32(45)28(21)40-34(47)48)53-31-30(52-7-2)38-24-16-27(51-5)37-18-25(24)39-31/h9,11,16,18,20-23,26,28,40H,6-8,10,12-15,17,19H2,1-5H3,(H,41,44)(H,42,46)(H,47,48)/b11-9-/t20-,21-,22-,23-,26+,28+,36-/m1/s1. The molecule has 0 bridgehead atoms. The number of carbonyl (C=O) groups excluding carboxylic acids is 3. The zero-order valence-corrected chi connectivity index (χ0v) is 32.0. The van der Waals surface area contributed by atoms with Crippen LogP contribution in [0, 0.1) is 17.8 Å². The molecule has 2 saturated carbocycles. The lowest BCUT2D eigenvalue weighted by molar-refractivity contribution is -0.142. The van der Waals surface area contributed by atoms with E-state index < -0.39 is 68.2 Å². The minimum Gasteiger partial charge on any atom is -0.481 e. The molecule has 4 heterocycles. The summed E-state index contributed by atoms with van der Waals surface area (Å²) in [4.78, 5) is 69.5. The number of amides is 4. The molecule has 6 rings (SSSR count). The zero-order chi connectivity index (χ0) is 39.0. The molecule has 2 aromatic rings. The van der Waals surface area contributed by atoms with Gasteiger partial charge in [0, 0.05) is 18.4 Å². The van der Waals surface area contributed by atoms with Crippen LogP contribution in [0.5, 0.6) is 17.6 Å². The van der Waals surface area contributed by atoms with Crippen molar-refractivity contribution < 1.29 is 46.9 Å². The molecule has 4 N–H and O–H groups in total. The number of hydrogen-bond donors (Lipinski definition) is 4. The van der Waals surface area contributed by atoms with E-state index >= 15 is 0 Å². The van der Waals surface area contributed by atoms with E-state index in [0.717, 1.165) is 6.42 Å². The van der Waals surface area contributed by atoms with Crippen molar-refractivity contribution in [2.45, 2.75) is 108 Å². The van der Waals surface area contributed by atoms with Gasteiger partial charge in [0.1, 0.15) is 29.2 Å². The van der Waals surface area contributed by atoms with Crippen molar-refractivity contribution in [3.05, 3.63) is 24.4 Å². The Kier molecular flexibility index (Phi) is 11.0. The van der Waals surface area contributed by atoms with Crippen molar-refractivity contribution in [1.29, 1.82) is 0 Å². The number of nitrogens with zero attached hydrogens (tertiary/aromatic N) is 4. The summed E-state index contributed by atoms with van der Waals surface area (Å²) in [5.74, 6) is -2.53. The van der Waals surface area contributed by atoms with Crippen LogP contribution in [-0.4, -0.2) is 106 Å². The van der Waals surface area contributed by atoms with Crippen molar-refractivity contribution in [1.82, 2.24) is 35.2 Å². The second kappa shape index (κ2) is 15.2. The Bertz CT molecular complexity index is 1940. The van der Waals surface area contributed by atoms with Crippen LogP contribution in [0.4, 0.5) is 4.79 Å². The van der Waals surface area contributed by atoms with E-state index in [0.29, 0.717) is 49.0 Å². The number of ether oxygens (including phenoxy) is 3. The number of methoxy groups -OCH3 is 1. The van der Waals surface area contributed by atoms with E-state index in [1.165, 1.54) is 18.2 Å². The first-order chi connectivity index (χ1) is 25.6. The fourth-order valence-corrected chi connectivity index (χ4v) is 8.75. The van der Waals surface area contributed by atoms with E-state index in [1.807, 2.05) is 26.0 Å². The van der Waals surface area contributed by atoms with Gasteiger partial charge in [0.05, 0.1) is 36.7 Å². The number of hydrogen-bond acceptors (Lipinski definition) is 12. The summed E-state index contributed by atoms with van der Waals surface area (Å²) in [7, 11) is -2.55. The number of pyridine rings is 1. The van der Waals surface area contributed by atoms with Crippen LogP contribution in [0.15, 0.2) is 24.4 Å². The predicted molar refractivity (Wildman–Crippen MR) is 194 cm³/mol. The molecule has 2 aliphatic carbocycles. The predicted octanol–water partition coefficient (Wildman–Crippen LogP) is 2.69. The fraction of sp³-hybridized carbons (Fsp3) is 0.639. The van der Waals surface area contributed by atoms with Crippen molar-refractivity contribution in [3.8, 4) is 17.6 Å². The number of allylic oxidation sites excluding steroid dienone is 1. The molecule has 7 atom stereocenters. The first-order valence-electron chi connectivity index (χ1n) is 18.5. The highest BCUT2D eigenvalue weighted by molar-refractivity contribution is 7.91. The molecule has 4 amide bonds. The lowest BCUT2D eigenvalue weighted by Gasteiger charge is -2.33. The van der Waals surface area contributed by atoms with E-state index in [9.17, 15) is 32.7 Å². The number of nitrogens with one attached hydrogen (secondary N) is 3. The summed E-state index contributed by atoms with van der Waals surface area (Å²) in [6, 6.07) is -0.809. The van der Waals surface area contributed by atoms with Crippen LogP contribution < -0.4 is 29.6 Å². The van der Waals surface area contributed by atoms with Gasteiger partial charge < -0.3 is 34.9 Å². The fourth-order valence-electron chi connectivity index (χ4n) is 7.43. The van der Waals surface area contributed by atoms with E-state index in [4.69, 9.17) is 14.2 Å². The van der Waals surface area contributed by atoms with Gasteiger partial charge >= 0.3 is 6.09 Å². The maximum absolute atomic E-state index is 14.6. The molecule has 18 heteroatoms. The highest BCUT2D eigenvalue weighted by Crippen LogP contribution is 2.47. The number of aromatic nitrogens is 3. The highest BCUT2D eigenvalue weighted by Gasteiger charge is 2.63. The molecule has 2 aliphatic heterocycles. The smallest absolute Gasteiger partial charge is 0.405 e. The van der Waals surface area contributed by atoms with Crippen LogP contribution in [0.2, 0.25) is 0 Å². The maximum atomic E-state index is 14.6. The maximum Gasteiger partial charge on any atom is 0.405 e. The molecule has 294 valence electrons. The Balaban J connectivity index is 1.36. The van der Waals surface area contributed by atoms with Gasteiger partial charge in [-0.05, 0) is 64.2 Å².